The van der Waals surface area contributed by atoms with Gasteiger partial charge in [0, 0.05) is 19.5 Å². The minimum Gasteiger partial charge on any atom is -0.493 e. The Balaban J connectivity index is 1.35. The fourth-order valence-corrected chi connectivity index (χ4v) is 3.00. The van der Waals surface area contributed by atoms with Crippen LogP contribution in [0, 0.1) is 0 Å². The number of nitrogens with zero attached hydrogens (tertiary/aromatic N) is 1. The Kier molecular flexibility index (Phi) is 4.36. The predicted molar refractivity (Wildman–Crippen MR) is 77.9 cm³/mol. The van der Waals surface area contributed by atoms with Crippen LogP contribution in [0.25, 0.3) is 0 Å². The van der Waals surface area contributed by atoms with Crippen LogP contribution in [0.1, 0.15) is 24.0 Å². The van der Waals surface area contributed by atoms with E-state index in [0.717, 1.165) is 38.3 Å². The maximum Gasteiger partial charge on any atom is 0.122 e. The highest BCUT2D eigenvalue weighted by atomic mass is 16.5. The molecule has 1 aromatic rings. The molecule has 2 heterocycles. The fraction of sp³-hybridized carbons (Fsp3) is 0.625. The van der Waals surface area contributed by atoms with E-state index in [2.05, 4.69) is 28.4 Å². The third-order valence-corrected chi connectivity index (χ3v) is 4.15. The van der Waals surface area contributed by atoms with Gasteiger partial charge in [-0.05, 0) is 56.1 Å². The predicted octanol–water partition coefficient (Wildman–Crippen LogP) is 1.85. The molecule has 1 saturated heterocycles. The second kappa shape index (κ2) is 6.40. The molecule has 0 aliphatic carbocycles. The number of nitrogens with one attached hydrogen (secondary N) is 1. The van der Waals surface area contributed by atoms with Crippen LogP contribution >= 0.6 is 0 Å². The highest BCUT2D eigenvalue weighted by molar-refractivity contribution is 5.39. The SMILES string of the molecule is c1cc2c(cc1CCNCCN1CCCC1)CCO2. The lowest BCUT2D eigenvalue weighted by atomic mass is 10.1. The number of ether oxygens (including phenoxy) is 1. The average molecular weight is 260 g/mol. The lowest BCUT2D eigenvalue weighted by Crippen LogP contribution is -2.30. The molecule has 3 nitrogen and oxygen atoms in total. The zero-order valence-electron chi connectivity index (χ0n) is 11.7. The summed E-state index contributed by atoms with van der Waals surface area (Å²) in [6.45, 7) is 6.85. The molecular formula is C16H24N2O. The first-order valence-electron chi connectivity index (χ1n) is 7.59. The van der Waals surface area contributed by atoms with Gasteiger partial charge < -0.3 is 15.0 Å². The number of hydrogen-bond acceptors (Lipinski definition) is 3. The van der Waals surface area contributed by atoms with Crippen molar-refractivity contribution in [2.24, 2.45) is 0 Å². The van der Waals surface area contributed by atoms with Gasteiger partial charge in [0.1, 0.15) is 5.75 Å². The van der Waals surface area contributed by atoms with Crippen LogP contribution in [0.2, 0.25) is 0 Å². The number of fused-ring (bicyclic) bond motifs is 1. The Morgan fingerprint density at radius 3 is 2.95 bits per heavy atom. The molecule has 0 bridgehead atoms. The number of likely N-dealkylation sites (tertiary alicyclic amines) is 1. The summed E-state index contributed by atoms with van der Waals surface area (Å²) in [5, 5.41) is 3.56. The van der Waals surface area contributed by atoms with Crippen molar-refractivity contribution in [3.63, 3.8) is 0 Å². The molecule has 0 saturated carbocycles. The van der Waals surface area contributed by atoms with Crippen LogP contribution in [-0.2, 0) is 12.8 Å². The molecule has 19 heavy (non-hydrogen) atoms. The Morgan fingerprint density at radius 1 is 1.16 bits per heavy atom. The van der Waals surface area contributed by atoms with E-state index in [1.807, 2.05) is 0 Å². The Hall–Kier alpha value is -1.06. The molecule has 3 heteroatoms. The molecule has 3 rings (SSSR count). The normalized spacial score (nSPS) is 18.5. The van der Waals surface area contributed by atoms with Crippen molar-refractivity contribution in [3.8, 4) is 5.75 Å². The summed E-state index contributed by atoms with van der Waals surface area (Å²) < 4.78 is 5.53. The Labute approximate surface area is 115 Å². The van der Waals surface area contributed by atoms with E-state index in [-0.39, 0.29) is 0 Å². The monoisotopic (exact) mass is 260 g/mol. The Morgan fingerprint density at radius 2 is 2.05 bits per heavy atom. The van der Waals surface area contributed by atoms with Crippen LogP contribution in [0.3, 0.4) is 0 Å². The first-order valence-corrected chi connectivity index (χ1v) is 7.59. The number of hydrogen-bond donors (Lipinski definition) is 1. The van der Waals surface area contributed by atoms with Crippen molar-refractivity contribution in [3.05, 3.63) is 29.3 Å². The summed E-state index contributed by atoms with van der Waals surface area (Å²) in [5.41, 5.74) is 2.81. The molecule has 0 aromatic heterocycles. The van der Waals surface area contributed by atoms with Crippen LogP contribution < -0.4 is 10.1 Å². The second-order valence-corrected chi connectivity index (χ2v) is 5.59. The van der Waals surface area contributed by atoms with Crippen molar-refractivity contribution in [2.45, 2.75) is 25.7 Å². The third kappa shape index (κ3) is 3.48. The molecule has 0 atom stereocenters. The number of rotatable bonds is 6. The average Bonchev–Trinajstić information content (AvgIpc) is 3.08. The first-order chi connectivity index (χ1) is 9.42. The molecule has 0 unspecified atom stereocenters. The maximum atomic E-state index is 5.53. The van der Waals surface area contributed by atoms with E-state index in [9.17, 15) is 0 Å². The van der Waals surface area contributed by atoms with Gasteiger partial charge in [-0.3, -0.25) is 0 Å². The summed E-state index contributed by atoms with van der Waals surface area (Å²) in [5.74, 6) is 1.09. The lowest BCUT2D eigenvalue weighted by Gasteiger charge is -2.14. The van der Waals surface area contributed by atoms with Crippen molar-refractivity contribution < 1.29 is 4.74 Å². The van der Waals surface area contributed by atoms with Gasteiger partial charge in [-0.25, -0.2) is 0 Å². The fourth-order valence-electron chi connectivity index (χ4n) is 3.00. The van der Waals surface area contributed by atoms with Crippen LogP contribution in [0.4, 0.5) is 0 Å². The zero-order valence-corrected chi connectivity index (χ0v) is 11.7. The van der Waals surface area contributed by atoms with Gasteiger partial charge in [-0.15, -0.1) is 0 Å². The summed E-state index contributed by atoms with van der Waals surface area (Å²) in [7, 11) is 0. The molecule has 2 aliphatic heterocycles. The molecule has 0 amide bonds. The van der Waals surface area contributed by atoms with E-state index < -0.39 is 0 Å². The van der Waals surface area contributed by atoms with E-state index in [1.165, 1.54) is 43.6 Å². The topological polar surface area (TPSA) is 24.5 Å². The van der Waals surface area contributed by atoms with Gasteiger partial charge in [0.15, 0.2) is 0 Å². The smallest absolute Gasteiger partial charge is 0.122 e. The summed E-state index contributed by atoms with van der Waals surface area (Å²) in [4.78, 5) is 2.56. The lowest BCUT2D eigenvalue weighted by molar-refractivity contribution is 0.336. The van der Waals surface area contributed by atoms with Crippen LogP contribution in [0.15, 0.2) is 18.2 Å². The summed E-state index contributed by atoms with van der Waals surface area (Å²) in [6, 6.07) is 6.64. The maximum absolute atomic E-state index is 5.53. The minimum atomic E-state index is 0.854. The molecule has 1 aromatic carbocycles. The zero-order chi connectivity index (χ0) is 12.9. The highest BCUT2D eigenvalue weighted by Crippen LogP contribution is 2.25. The van der Waals surface area contributed by atoms with Gasteiger partial charge in [0.25, 0.3) is 0 Å². The van der Waals surface area contributed by atoms with E-state index >= 15 is 0 Å². The van der Waals surface area contributed by atoms with Gasteiger partial charge >= 0.3 is 0 Å². The van der Waals surface area contributed by atoms with Gasteiger partial charge in [-0.1, -0.05) is 12.1 Å². The molecular weight excluding hydrogens is 236 g/mol. The first kappa shape index (κ1) is 12.9. The molecule has 104 valence electrons. The van der Waals surface area contributed by atoms with Gasteiger partial charge in [0.2, 0.25) is 0 Å². The summed E-state index contributed by atoms with van der Waals surface area (Å²) >= 11 is 0. The third-order valence-electron chi connectivity index (χ3n) is 4.15. The van der Waals surface area contributed by atoms with E-state index in [4.69, 9.17) is 4.74 Å². The van der Waals surface area contributed by atoms with Crippen LogP contribution in [0.5, 0.6) is 5.75 Å². The van der Waals surface area contributed by atoms with Crippen molar-refractivity contribution in [1.29, 1.82) is 0 Å². The Bertz CT molecular complexity index is 413. The van der Waals surface area contributed by atoms with E-state index in [1.54, 1.807) is 0 Å². The molecule has 0 radical (unpaired) electrons. The minimum absolute atomic E-state index is 0.854. The van der Waals surface area contributed by atoms with Crippen molar-refractivity contribution in [2.75, 3.05) is 39.3 Å². The molecule has 2 aliphatic rings. The molecule has 1 N–H and O–H groups in total. The van der Waals surface area contributed by atoms with Gasteiger partial charge in [-0.2, -0.15) is 0 Å². The standard InChI is InChI=1S/C16H24N2O/c1-2-10-18(9-1)11-8-17-7-5-14-3-4-16-15(13-14)6-12-19-16/h3-4,13,17H,1-2,5-12H2. The molecule has 1 fully saturated rings. The van der Waals surface area contributed by atoms with Gasteiger partial charge in [0.05, 0.1) is 6.61 Å². The second-order valence-electron chi connectivity index (χ2n) is 5.59. The largest absolute Gasteiger partial charge is 0.493 e. The number of benzene rings is 1. The molecule has 0 spiro atoms. The summed E-state index contributed by atoms with van der Waals surface area (Å²) in [6.07, 6.45) is 4.97. The van der Waals surface area contributed by atoms with Crippen LogP contribution in [-0.4, -0.2) is 44.2 Å². The highest BCUT2D eigenvalue weighted by Gasteiger charge is 2.12. The van der Waals surface area contributed by atoms with E-state index in [0.29, 0.717) is 0 Å². The van der Waals surface area contributed by atoms with Crippen molar-refractivity contribution in [1.82, 2.24) is 10.2 Å². The van der Waals surface area contributed by atoms with Crippen molar-refractivity contribution >= 4 is 0 Å². The quantitative estimate of drug-likeness (QED) is 0.790.